The monoisotopic (exact) mass is 370 g/mol. The largest absolute Gasteiger partial charge is 0.384 e. The van der Waals surface area contributed by atoms with Crippen molar-refractivity contribution in [2.24, 2.45) is 5.73 Å². The fraction of sp³-hybridized carbons (Fsp3) is 0.261. The number of pyridine rings is 1. The van der Waals surface area contributed by atoms with Crippen molar-refractivity contribution in [3.8, 4) is 6.07 Å². The first-order valence-electron chi connectivity index (χ1n) is 9.46. The third-order valence-corrected chi connectivity index (χ3v) is 5.55. The Morgan fingerprint density at radius 1 is 1.25 bits per heavy atom. The van der Waals surface area contributed by atoms with Crippen molar-refractivity contribution < 1.29 is 4.79 Å². The lowest BCUT2D eigenvalue weighted by atomic mass is 9.74. The van der Waals surface area contributed by atoms with Crippen LogP contribution in [-0.2, 0) is 4.79 Å². The summed E-state index contributed by atoms with van der Waals surface area (Å²) in [6.07, 6.45) is 5.43. The molecular weight excluding hydrogens is 348 g/mol. The Labute approximate surface area is 164 Å². The quantitative estimate of drug-likeness (QED) is 0.864. The second kappa shape index (κ2) is 6.97. The number of hydrogen-bond acceptors (Lipinski definition) is 5. The standard InChI is InChI=1S/C23H22N4O/c1-14-8-9-17(15(2)11-14)21-18(12-24)23(25)27(16-5-4-10-26-13-16)19-6-3-7-20(28)22(19)21/h4-5,8-11,13,21H,3,6-7,25H2,1-2H3/t21-/m0/s1. The molecule has 2 heterocycles. The van der Waals surface area contributed by atoms with E-state index in [1.807, 2.05) is 43.0 Å². The van der Waals surface area contributed by atoms with Crippen molar-refractivity contribution in [3.05, 3.63) is 82.1 Å². The molecule has 0 spiro atoms. The molecule has 5 nitrogen and oxygen atoms in total. The Morgan fingerprint density at radius 2 is 2.07 bits per heavy atom. The zero-order valence-electron chi connectivity index (χ0n) is 16.1. The summed E-state index contributed by atoms with van der Waals surface area (Å²) in [6.45, 7) is 4.06. The molecule has 0 fully saturated rings. The molecule has 0 saturated carbocycles. The fourth-order valence-electron chi connectivity index (χ4n) is 4.33. The summed E-state index contributed by atoms with van der Waals surface area (Å²) in [5.41, 5.74) is 12.5. The fourth-order valence-corrected chi connectivity index (χ4v) is 4.33. The first-order valence-corrected chi connectivity index (χ1v) is 9.46. The van der Waals surface area contributed by atoms with Crippen LogP contribution in [0.5, 0.6) is 0 Å². The van der Waals surface area contributed by atoms with Crippen LogP contribution in [0.15, 0.2) is 65.4 Å². The van der Waals surface area contributed by atoms with E-state index in [1.165, 1.54) is 0 Å². The van der Waals surface area contributed by atoms with E-state index >= 15 is 0 Å². The number of benzene rings is 1. The maximum absolute atomic E-state index is 13.1. The number of rotatable bonds is 2. The highest BCUT2D eigenvalue weighted by molar-refractivity contribution is 6.01. The predicted molar refractivity (Wildman–Crippen MR) is 108 cm³/mol. The molecule has 4 rings (SSSR count). The molecule has 0 bridgehead atoms. The number of ketones is 1. The lowest BCUT2D eigenvalue weighted by Crippen LogP contribution is -2.38. The van der Waals surface area contributed by atoms with E-state index in [2.05, 4.69) is 17.1 Å². The Balaban J connectivity index is 1.99. The van der Waals surface area contributed by atoms with Gasteiger partial charge in [0.15, 0.2) is 5.78 Å². The third kappa shape index (κ3) is 2.78. The smallest absolute Gasteiger partial charge is 0.161 e. The number of hydrogen-bond donors (Lipinski definition) is 1. The lowest BCUT2D eigenvalue weighted by Gasteiger charge is -2.39. The van der Waals surface area contributed by atoms with Crippen molar-refractivity contribution >= 4 is 11.5 Å². The average Bonchev–Trinajstić information content (AvgIpc) is 2.68. The molecule has 2 aliphatic rings. The molecule has 2 N–H and O–H groups in total. The molecule has 5 heteroatoms. The van der Waals surface area contributed by atoms with Crippen LogP contribution in [0.4, 0.5) is 5.69 Å². The molecule has 1 atom stereocenters. The number of aryl methyl sites for hydroxylation is 2. The Morgan fingerprint density at radius 3 is 2.75 bits per heavy atom. The zero-order chi connectivity index (χ0) is 19.8. The van der Waals surface area contributed by atoms with Gasteiger partial charge < -0.3 is 5.73 Å². The van der Waals surface area contributed by atoms with Gasteiger partial charge in [-0.05, 0) is 49.9 Å². The van der Waals surface area contributed by atoms with Crippen molar-refractivity contribution in [1.82, 2.24) is 4.98 Å². The van der Waals surface area contributed by atoms with E-state index in [4.69, 9.17) is 5.73 Å². The van der Waals surface area contributed by atoms with Crippen LogP contribution in [0, 0.1) is 25.2 Å². The minimum atomic E-state index is -0.415. The van der Waals surface area contributed by atoms with Gasteiger partial charge >= 0.3 is 0 Å². The Bertz CT molecular complexity index is 1060. The summed E-state index contributed by atoms with van der Waals surface area (Å²) < 4.78 is 0. The molecule has 1 aromatic heterocycles. The van der Waals surface area contributed by atoms with Crippen molar-refractivity contribution in [2.45, 2.75) is 39.0 Å². The van der Waals surface area contributed by atoms with E-state index in [0.29, 0.717) is 23.4 Å². The Hall–Kier alpha value is -3.39. The second-order valence-electron chi connectivity index (χ2n) is 7.39. The number of nitrogens with zero attached hydrogens (tertiary/aromatic N) is 3. The molecule has 28 heavy (non-hydrogen) atoms. The molecule has 1 aromatic carbocycles. The Kier molecular flexibility index (Phi) is 4.48. The first kappa shape index (κ1) is 18.0. The van der Waals surface area contributed by atoms with Crippen LogP contribution in [-0.4, -0.2) is 10.8 Å². The molecule has 1 aliphatic carbocycles. The van der Waals surface area contributed by atoms with Gasteiger partial charge in [0.2, 0.25) is 0 Å². The van der Waals surface area contributed by atoms with Gasteiger partial charge in [0.05, 0.1) is 29.4 Å². The van der Waals surface area contributed by atoms with Gasteiger partial charge in [0.25, 0.3) is 0 Å². The number of nitrogens with two attached hydrogens (primary N) is 1. The van der Waals surface area contributed by atoms with Gasteiger partial charge in [0, 0.05) is 23.9 Å². The number of anilines is 1. The number of nitriles is 1. The highest BCUT2D eigenvalue weighted by Gasteiger charge is 2.40. The molecular formula is C23H22N4O. The lowest BCUT2D eigenvalue weighted by molar-refractivity contribution is -0.116. The average molecular weight is 370 g/mol. The second-order valence-corrected chi connectivity index (χ2v) is 7.39. The first-order chi connectivity index (χ1) is 13.5. The van der Waals surface area contributed by atoms with Gasteiger partial charge in [-0.1, -0.05) is 23.8 Å². The van der Waals surface area contributed by atoms with Crippen molar-refractivity contribution in [1.29, 1.82) is 5.26 Å². The van der Waals surface area contributed by atoms with Gasteiger partial charge in [-0.2, -0.15) is 5.26 Å². The zero-order valence-corrected chi connectivity index (χ0v) is 16.1. The third-order valence-electron chi connectivity index (χ3n) is 5.55. The van der Waals surface area contributed by atoms with Gasteiger partial charge in [-0.3, -0.25) is 14.7 Å². The number of carbonyl (C=O) groups excluding carboxylic acids is 1. The molecule has 0 saturated heterocycles. The highest BCUT2D eigenvalue weighted by atomic mass is 16.1. The summed E-state index contributed by atoms with van der Waals surface area (Å²) in [5, 5.41) is 10.0. The van der Waals surface area contributed by atoms with Crippen LogP contribution in [0.25, 0.3) is 0 Å². The summed E-state index contributed by atoms with van der Waals surface area (Å²) in [6, 6.07) is 12.2. The molecule has 2 aromatic rings. The van der Waals surface area contributed by atoms with Crippen LogP contribution in [0.1, 0.15) is 41.9 Å². The highest BCUT2D eigenvalue weighted by Crippen LogP contribution is 2.46. The molecule has 140 valence electrons. The molecule has 1 aliphatic heterocycles. The van der Waals surface area contributed by atoms with Crippen molar-refractivity contribution in [2.75, 3.05) is 4.90 Å². The SMILES string of the molecule is Cc1ccc([C@H]2C(C#N)=C(N)N(c3cccnc3)C3=C2C(=O)CCC3)c(C)c1. The van der Waals surface area contributed by atoms with E-state index in [1.54, 1.807) is 12.4 Å². The molecule has 0 unspecified atom stereocenters. The molecule has 0 amide bonds. The number of aromatic nitrogens is 1. The summed E-state index contributed by atoms with van der Waals surface area (Å²) in [5.74, 6) is 0.0654. The van der Waals surface area contributed by atoms with E-state index in [0.717, 1.165) is 40.9 Å². The summed E-state index contributed by atoms with van der Waals surface area (Å²) in [4.78, 5) is 19.1. The van der Waals surface area contributed by atoms with E-state index < -0.39 is 5.92 Å². The number of carbonyl (C=O) groups is 1. The topological polar surface area (TPSA) is 83.0 Å². The minimum absolute atomic E-state index is 0.0976. The summed E-state index contributed by atoms with van der Waals surface area (Å²) >= 11 is 0. The predicted octanol–water partition coefficient (Wildman–Crippen LogP) is 4.00. The van der Waals surface area contributed by atoms with Gasteiger partial charge in [-0.25, -0.2) is 0 Å². The van der Waals surface area contributed by atoms with E-state index in [9.17, 15) is 10.1 Å². The normalized spacial score (nSPS) is 19.5. The van der Waals surface area contributed by atoms with E-state index in [-0.39, 0.29) is 5.78 Å². The molecule has 0 radical (unpaired) electrons. The van der Waals surface area contributed by atoms with Gasteiger partial charge in [-0.15, -0.1) is 0 Å². The van der Waals surface area contributed by atoms with Crippen LogP contribution >= 0.6 is 0 Å². The van der Waals surface area contributed by atoms with Crippen LogP contribution < -0.4 is 10.6 Å². The van der Waals surface area contributed by atoms with Crippen LogP contribution in [0.2, 0.25) is 0 Å². The number of Topliss-reactive ketones (excluding diaryl/α,β-unsaturated/α-hetero) is 1. The van der Waals surface area contributed by atoms with Crippen molar-refractivity contribution in [3.63, 3.8) is 0 Å². The maximum Gasteiger partial charge on any atom is 0.161 e. The van der Waals surface area contributed by atoms with Crippen LogP contribution in [0.3, 0.4) is 0 Å². The summed E-state index contributed by atoms with van der Waals surface area (Å²) in [7, 11) is 0. The maximum atomic E-state index is 13.1. The van der Waals surface area contributed by atoms with Gasteiger partial charge in [0.1, 0.15) is 5.82 Å². The minimum Gasteiger partial charge on any atom is -0.384 e. The number of allylic oxidation sites excluding steroid dienone is 3.